The van der Waals surface area contributed by atoms with Gasteiger partial charge in [0.25, 0.3) is 0 Å². The molecule has 0 aromatic carbocycles. The van der Waals surface area contributed by atoms with Crippen molar-refractivity contribution in [2.45, 2.75) is 25.4 Å². The average molecular weight is 252 g/mol. The van der Waals surface area contributed by atoms with Crippen molar-refractivity contribution in [3.63, 3.8) is 0 Å². The average Bonchev–Trinajstić information content (AvgIpc) is 2.72. The minimum Gasteiger partial charge on any atom is -0.393 e. The molecule has 0 aliphatic heterocycles. The standard InChI is InChI=1S/C11H20N6O/c1-17(2)11-15-9(12)14-10(16-11)13-6-7-3-4-8(18)5-7/h7-8,18H,3-6H2,1-2H3,(H3,12,13,14,15,16). The van der Waals surface area contributed by atoms with Crippen LogP contribution < -0.4 is 16.0 Å². The third-order valence-corrected chi connectivity index (χ3v) is 3.10. The summed E-state index contributed by atoms with van der Waals surface area (Å²) in [4.78, 5) is 14.1. The molecule has 1 aromatic heterocycles. The fourth-order valence-corrected chi connectivity index (χ4v) is 2.13. The molecule has 0 radical (unpaired) electrons. The quantitative estimate of drug-likeness (QED) is 0.698. The fourth-order valence-electron chi connectivity index (χ4n) is 2.13. The highest BCUT2D eigenvalue weighted by molar-refractivity contribution is 5.40. The van der Waals surface area contributed by atoms with Crippen LogP contribution in [0, 0.1) is 5.92 Å². The molecule has 0 saturated heterocycles. The second-order valence-electron chi connectivity index (χ2n) is 4.93. The van der Waals surface area contributed by atoms with Crippen LogP contribution in [0.25, 0.3) is 0 Å². The van der Waals surface area contributed by atoms with Crippen LogP contribution in [0.5, 0.6) is 0 Å². The van der Waals surface area contributed by atoms with E-state index in [1.54, 1.807) is 4.90 Å². The number of anilines is 3. The number of aliphatic hydroxyl groups is 1. The van der Waals surface area contributed by atoms with Crippen LogP contribution in [-0.2, 0) is 0 Å². The van der Waals surface area contributed by atoms with Gasteiger partial charge < -0.3 is 21.1 Å². The van der Waals surface area contributed by atoms with Gasteiger partial charge in [-0.15, -0.1) is 0 Å². The highest BCUT2D eigenvalue weighted by atomic mass is 16.3. The predicted molar refractivity (Wildman–Crippen MR) is 70.4 cm³/mol. The molecule has 0 bridgehead atoms. The summed E-state index contributed by atoms with van der Waals surface area (Å²) in [5.74, 6) is 1.72. The maximum absolute atomic E-state index is 9.46. The van der Waals surface area contributed by atoms with Gasteiger partial charge in [0.05, 0.1) is 6.10 Å². The molecule has 18 heavy (non-hydrogen) atoms. The molecule has 100 valence electrons. The van der Waals surface area contributed by atoms with Gasteiger partial charge in [-0.25, -0.2) is 0 Å². The highest BCUT2D eigenvalue weighted by Gasteiger charge is 2.22. The Balaban J connectivity index is 1.96. The summed E-state index contributed by atoms with van der Waals surface area (Å²) in [6.07, 6.45) is 2.61. The minimum absolute atomic E-state index is 0.155. The number of nitrogens with two attached hydrogens (primary N) is 1. The maximum atomic E-state index is 9.46. The number of hydrogen-bond acceptors (Lipinski definition) is 7. The predicted octanol–water partition coefficient (Wildman–Crippen LogP) is 0.0927. The van der Waals surface area contributed by atoms with Crippen molar-refractivity contribution in [3.05, 3.63) is 0 Å². The zero-order valence-electron chi connectivity index (χ0n) is 10.8. The summed E-state index contributed by atoms with van der Waals surface area (Å²) in [6, 6.07) is 0. The van der Waals surface area contributed by atoms with Gasteiger partial charge in [0.15, 0.2) is 0 Å². The molecule has 7 heteroatoms. The van der Waals surface area contributed by atoms with E-state index >= 15 is 0 Å². The highest BCUT2D eigenvalue weighted by Crippen LogP contribution is 2.25. The number of rotatable bonds is 4. The van der Waals surface area contributed by atoms with Crippen molar-refractivity contribution >= 4 is 17.8 Å². The van der Waals surface area contributed by atoms with Crippen LogP contribution in [0.4, 0.5) is 17.8 Å². The number of nitrogen functional groups attached to an aromatic ring is 1. The summed E-state index contributed by atoms with van der Waals surface area (Å²) in [6.45, 7) is 0.757. The van der Waals surface area contributed by atoms with Crippen molar-refractivity contribution in [1.82, 2.24) is 15.0 Å². The van der Waals surface area contributed by atoms with E-state index in [0.29, 0.717) is 17.8 Å². The van der Waals surface area contributed by atoms with Crippen molar-refractivity contribution in [2.75, 3.05) is 36.6 Å². The molecule has 1 aromatic rings. The Kier molecular flexibility index (Phi) is 3.81. The number of nitrogens with zero attached hydrogens (tertiary/aromatic N) is 4. The third kappa shape index (κ3) is 3.19. The Hall–Kier alpha value is -1.63. The smallest absolute Gasteiger partial charge is 0.231 e. The lowest BCUT2D eigenvalue weighted by molar-refractivity contribution is 0.178. The van der Waals surface area contributed by atoms with E-state index in [9.17, 15) is 5.11 Å². The van der Waals surface area contributed by atoms with E-state index in [2.05, 4.69) is 20.3 Å². The molecule has 2 rings (SSSR count). The molecule has 4 N–H and O–H groups in total. The lowest BCUT2D eigenvalue weighted by Crippen LogP contribution is -2.19. The Morgan fingerprint density at radius 2 is 2.11 bits per heavy atom. The first kappa shape index (κ1) is 12.8. The summed E-state index contributed by atoms with van der Waals surface area (Å²) in [5, 5.41) is 12.6. The van der Waals surface area contributed by atoms with Crippen LogP contribution in [0.15, 0.2) is 0 Å². The van der Waals surface area contributed by atoms with Gasteiger partial charge >= 0.3 is 0 Å². The molecule has 2 atom stereocenters. The molecule has 1 aliphatic carbocycles. The first-order valence-electron chi connectivity index (χ1n) is 6.15. The molecule has 1 saturated carbocycles. The Morgan fingerprint density at radius 1 is 1.33 bits per heavy atom. The molecule has 1 aliphatic rings. The van der Waals surface area contributed by atoms with Crippen LogP contribution in [-0.4, -0.2) is 46.8 Å². The number of aromatic nitrogens is 3. The zero-order chi connectivity index (χ0) is 13.1. The topological polar surface area (TPSA) is 100 Å². The van der Waals surface area contributed by atoms with Gasteiger partial charge in [0.1, 0.15) is 0 Å². The van der Waals surface area contributed by atoms with E-state index in [-0.39, 0.29) is 12.1 Å². The molecular formula is C11H20N6O. The Labute approximate surface area is 106 Å². The van der Waals surface area contributed by atoms with Gasteiger partial charge in [-0.1, -0.05) is 0 Å². The lowest BCUT2D eigenvalue weighted by atomic mass is 10.1. The monoisotopic (exact) mass is 252 g/mol. The van der Waals surface area contributed by atoms with Gasteiger partial charge in [0.2, 0.25) is 17.8 Å². The number of hydrogen-bond donors (Lipinski definition) is 3. The van der Waals surface area contributed by atoms with E-state index in [0.717, 1.165) is 25.8 Å². The molecule has 1 fully saturated rings. The molecule has 1 heterocycles. The van der Waals surface area contributed by atoms with Crippen LogP contribution in [0.2, 0.25) is 0 Å². The van der Waals surface area contributed by atoms with E-state index in [1.807, 2.05) is 14.1 Å². The summed E-state index contributed by atoms with van der Waals surface area (Å²) >= 11 is 0. The minimum atomic E-state index is -0.155. The van der Waals surface area contributed by atoms with E-state index in [1.165, 1.54) is 0 Å². The fraction of sp³-hybridized carbons (Fsp3) is 0.727. The molecule has 0 spiro atoms. The van der Waals surface area contributed by atoms with Gasteiger partial charge in [-0.05, 0) is 25.2 Å². The second kappa shape index (κ2) is 5.34. The van der Waals surface area contributed by atoms with Gasteiger partial charge in [-0.2, -0.15) is 15.0 Å². The summed E-state index contributed by atoms with van der Waals surface area (Å²) in [7, 11) is 3.71. The normalized spacial score (nSPS) is 23.1. The Bertz CT molecular complexity index is 411. The first-order valence-corrected chi connectivity index (χ1v) is 6.15. The van der Waals surface area contributed by atoms with Crippen LogP contribution in [0.1, 0.15) is 19.3 Å². The van der Waals surface area contributed by atoms with E-state index in [4.69, 9.17) is 5.73 Å². The number of nitrogens with one attached hydrogen (secondary N) is 1. The third-order valence-electron chi connectivity index (χ3n) is 3.10. The van der Waals surface area contributed by atoms with Crippen molar-refractivity contribution in [3.8, 4) is 0 Å². The van der Waals surface area contributed by atoms with Crippen molar-refractivity contribution < 1.29 is 5.11 Å². The van der Waals surface area contributed by atoms with E-state index < -0.39 is 0 Å². The molecule has 2 unspecified atom stereocenters. The summed E-state index contributed by atoms with van der Waals surface area (Å²) < 4.78 is 0. The lowest BCUT2D eigenvalue weighted by Gasteiger charge is -2.14. The van der Waals surface area contributed by atoms with Crippen molar-refractivity contribution in [2.24, 2.45) is 5.92 Å². The largest absolute Gasteiger partial charge is 0.393 e. The van der Waals surface area contributed by atoms with Crippen molar-refractivity contribution in [1.29, 1.82) is 0 Å². The SMILES string of the molecule is CN(C)c1nc(N)nc(NCC2CCC(O)C2)n1. The number of aliphatic hydroxyl groups excluding tert-OH is 1. The summed E-state index contributed by atoms with van der Waals surface area (Å²) in [5.41, 5.74) is 5.63. The maximum Gasteiger partial charge on any atom is 0.231 e. The van der Waals surface area contributed by atoms with Gasteiger partial charge in [-0.3, -0.25) is 0 Å². The van der Waals surface area contributed by atoms with Gasteiger partial charge in [0, 0.05) is 20.6 Å². The molecule has 0 amide bonds. The van der Waals surface area contributed by atoms with Crippen LogP contribution >= 0.6 is 0 Å². The first-order chi connectivity index (χ1) is 8.54. The van der Waals surface area contributed by atoms with Crippen LogP contribution in [0.3, 0.4) is 0 Å². The zero-order valence-corrected chi connectivity index (χ0v) is 10.8. The molecular weight excluding hydrogens is 232 g/mol. The molecule has 7 nitrogen and oxygen atoms in total. The Morgan fingerprint density at radius 3 is 2.72 bits per heavy atom. The second-order valence-corrected chi connectivity index (χ2v) is 4.93.